The molecule has 1 N–H and O–H groups in total. The van der Waals surface area contributed by atoms with Crippen LogP contribution in [-0.2, 0) is 4.79 Å². The molecule has 1 aliphatic rings. The van der Waals surface area contributed by atoms with Crippen molar-refractivity contribution < 1.29 is 14.7 Å². The lowest BCUT2D eigenvalue weighted by Crippen LogP contribution is -2.46. The van der Waals surface area contributed by atoms with Gasteiger partial charge in [-0.05, 0) is 6.92 Å². The molecule has 0 spiro atoms. The SMILES string of the molecule is Cc1nc(C(=O)O)cc(N2CCN(C=O)CC2)n1. The zero-order valence-corrected chi connectivity index (χ0v) is 10.0. The molecule has 0 radical (unpaired) electrons. The fourth-order valence-corrected chi connectivity index (χ4v) is 1.88. The lowest BCUT2D eigenvalue weighted by atomic mass is 10.3. The predicted molar refractivity (Wildman–Crippen MR) is 63.6 cm³/mol. The maximum absolute atomic E-state index is 10.9. The Labute approximate surface area is 104 Å². The maximum atomic E-state index is 10.9. The molecule has 1 fully saturated rings. The summed E-state index contributed by atoms with van der Waals surface area (Å²) in [5.74, 6) is -0.0264. The molecular weight excluding hydrogens is 236 g/mol. The first-order valence-electron chi connectivity index (χ1n) is 5.63. The number of carbonyl (C=O) groups excluding carboxylic acids is 1. The van der Waals surface area contributed by atoms with E-state index in [-0.39, 0.29) is 5.69 Å². The van der Waals surface area contributed by atoms with Crippen LogP contribution in [0.4, 0.5) is 5.82 Å². The van der Waals surface area contributed by atoms with Crippen molar-refractivity contribution in [3.8, 4) is 0 Å². The van der Waals surface area contributed by atoms with Crippen molar-refractivity contribution in [2.45, 2.75) is 6.92 Å². The van der Waals surface area contributed by atoms with Crippen LogP contribution in [0.2, 0.25) is 0 Å². The van der Waals surface area contributed by atoms with Gasteiger partial charge in [0, 0.05) is 32.2 Å². The number of rotatable bonds is 3. The van der Waals surface area contributed by atoms with E-state index in [9.17, 15) is 9.59 Å². The summed E-state index contributed by atoms with van der Waals surface area (Å²) in [4.78, 5) is 33.3. The minimum atomic E-state index is -1.06. The standard InChI is InChI=1S/C11H14N4O3/c1-8-12-9(11(17)18)6-10(13-8)15-4-2-14(7-16)3-5-15/h6-7H,2-5H2,1H3,(H,17,18). The fraction of sp³-hybridized carbons (Fsp3) is 0.455. The second-order valence-electron chi connectivity index (χ2n) is 4.09. The summed E-state index contributed by atoms with van der Waals surface area (Å²) in [5.41, 5.74) is -0.00434. The number of anilines is 1. The molecule has 1 saturated heterocycles. The zero-order chi connectivity index (χ0) is 13.1. The number of aromatic nitrogens is 2. The summed E-state index contributed by atoms with van der Waals surface area (Å²) in [5, 5.41) is 8.95. The number of nitrogens with zero attached hydrogens (tertiary/aromatic N) is 4. The van der Waals surface area contributed by atoms with E-state index < -0.39 is 5.97 Å². The summed E-state index contributed by atoms with van der Waals surface area (Å²) in [6.45, 7) is 4.20. The number of carbonyl (C=O) groups is 2. The predicted octanol–water partition coefficient (Wildman–Crippen LogP) is -0.238. The van der Waals surface area contributed by atoms with Crippen LogP contribution in [0.3, 0.4) is 0 Å². The van der Waals surface area contributed by atoms with Gasteiger partial charge < -0.3 is 14.9 Å². The Morgan fingerprint density at radius 2 is 2.00 bits per heavy atom. The quantitative estimate of drug-likeness (QED) is 0.745. The number of carboxylic acids is 1. The number of piperazine rings is 1. The molecule has 1 aromatic rings. The molecule has 1 aliphatic heterocycles. The molecule has 7 nitrogen and oxygen atoms in total. The van der Waals surface area contributed by atoms with Crippen LogP contribution in [0.1, 0.15) is 16.3 Å². The molecule has 0 atom stereocenters. The van der Waals surface area contributed by atoms with Crippen molar-refractivity contribution in [2.75, 3.05) is 31.1 Å². The van der Waals surface area contributed by atoms with Crippen molar-refractivity contribution in [3.63, 3.8) is 0 Å². The largest absolute Gasteiger partial charge is 0.477 e. The number of hydrogen-bond donors (Lipinski definition) is 1. The van der Waals surface area contributed by atoms with Crippen LogP contribution < -0.4 is 4.90 Å². The van der Waals surface area contributed by atoms with Gasteiger partial charge in [0.1, 0.15) is 11.6 Å². The normalized spacial score (nSPS) is 15.6. The van der Waals surface area contributed by atoms with Crippen LogP contribution in [0, 0.1) is 6.92 Å². The number of carboxylic acid groups (broad SMARTS) is 1. The van der Waals surface area contributed by atoms with Gasteiger partial charge in [0.05, 0.1) is 0 Å². The van der Waals surface area contributed by atoms with E-state index in [1.54, 1.807) is 11.8 Å². The van der Waals surface area contributed by atoms with Crippen LogP contribution in [0.5, 0.6) is 0 Å². The van der Waals surface area contributed by atoms with E-state index in [2.05, 4.69) is 9.97 Å². The van der Waals surface area contributed by atoms with Crippen LogP contribution >= 0.6 is 0 Å². The Bertz CT molecular complexity index is 469. The van der Waals surface area contributed by atoms with E-state index in [0.717, 1.165) is 6.41 Å². The molecular formula is C11H14N4O3. The Hall–Kier alpha value is -2.18. The van der Waals surface area contributed by atoms with Gasteiger partial charge in [-0.3, -0.25) is 4.79 Å². The Kier molecular flexibility index (Phi) is 3.40. The Morgan fingerprint density at radius 3 is 2.56 bits per heavy atom. The first-order chi connectivity index (χ1) is 8.60. The summed E-state index contributed by atoms with van der Waals surface area (Å²) < 4.78 is 0. The van der Waals surface area contributed by atoms with E-state index in [1.807, 2.05) is 4.90 Å². The molecule has 1 aromatic heterocycles. The second-order valence-corrected chi connectivity index (χ2v) is 4.09. The molecule has 1 amide bonds. The van der Waals surface area contributed by atoms with Crippen molar-refractivity contribution in [3.05, 3.63) is 17.6 Å². The third-order valence-corrected chi connectivity index (χ3v) is 2.83. The minimum absolute atomic E-state index is 0.00434. The summed E-state index contributed by atoms with van der Waals surface area (Å²) in [6, 6.07) is 1.46. The van der Waals surface area contributed by atoms with E-state index in [4.69, 9.17) is 5.11 Å². The maximum Gasteiger partial charge on any atom is 0.354 e. The van der Waals surface area contributed by atoms with Gasteiger partial charge >= 0.3 is 5.97 Å². The highest BCUT2D eigenvalue weighted by Crippen LogP contribution is 2.14. The van der Waals surface area contributed by atoms with Crippen molar-refractivity contribution in [2.24, 2.45) is 0 Å². The van der Waals surface area contributed by atoms with Crippen LogP contribution in [0.25, 0.3) is 0 Å². The monoisotopic (exact) mass is 250 g/mol. The molecule has 2 heterocycles. The highest BCUT2D eigenvalue weighted by molar-refractivity contribution is 5.86. The van der Waals surface area contributed by atoms with Crippen LogP contribution in [0.15, 0.2) is 6.07 Å². The van der Waals surface area contributed by atoms with Crippen molar-refractivity contribution in [1.29, 1.82) is 0 Å². The van der Waals surface area contributed by atoms with E-state index in [0.29, 0.717) is 37.8 Å². The minimum Gasteiger partial charge on any atom is -0.477 e. The summed E-state index contributed by atoms with van der Waals surface area (Å²) in [7, 11) is 0. The van der Waals surface area contributed by atoms with Gasteiger partial charge in [0.2, 0.25) is 6.41 Å². The Morgan fingerprint density at radius 1 is 1.33 bits per heavy atom. The zero-order valence-electron chi connectivity index (χ0n) is 10.0. The molecule has 0 unspecified atom stereocenters. The lowest BCUT2D eigenvalue weighted by molar-refractivity contribution is -0.118. The first-order valence-corrected chi connectivity index (χ1v) is 5.63. The average Bonchev–Trinajstić information content (AvgIpc) is 2.38. The third-order valence-electron chi connectivity index (χ3n) is 2.83. The molecule has 96 valence electrons. The smallest absolute Gasteiger partial charge is 0.354 e. The molecule has 18 heavy (non-hydrogen) atoms. The van der Waals surface area contributed by atoms with Gasteiger partial charge in [-0.2, -0.15) is 0 Å². The number of hydrogen-bond acceptors (Lipinski definition) is 5. The number of aromatic carboxylic acids is 1. The highest BCUT2D eigenvalue weighted by atomic mass is 16.4. The van der Waals surface area contributed by atoms with Gasteiger partial charge in [-0.15, -0.1) is 0 Å². The van der Waals surface area contributed by atoms with Crippen molar-refractivity contribution in [1.82, 2.24) is 14.9 Å². The van der Waals surface area contributed by atoms with Gasteiger partial charge in [0.15, 0.2) is 5.69 Å². The topological polar surface area (TPSA) is 86.6 Å². The molecule has 2 rings (SSSR count). The molecule has 0 aliphatic carbocycles. The van der Waals surface area contributed by atoms with E-state index in [1.165, 1.54) is 6.07 Å². The Balaban J connectivity index is 2.18. The number of aryl methyl sites for hydroxylation is 1. The van der Waals surface area contributed by atoms with E-state index >= 15 is 0 Å². The van der Waals surface area contributed by atoms with Crippen LogP contribution in [-0.4, -0.2) is 58.5 Å². The van der Waals surface area contributed by atoms with Gasteiger partial charge in [-0.25, -0.2) is 14.8 Å². The highest BCUT2D eigenvalue weighted by Gasteiger charge is 2.18. The second kappa shape index (κ2) is 4.99. The number of amides is 1. The van der Waals surface area contributed by atoms with Gasteiger partial charge in [0.25, 0.3) is 0 Å². The molecule has 0 bridgehead atoms. The molecule has 0 aromatic carbocycles. The molecule has 7 heteroatoms. The first kappa shape index (κ1) is 12.3. The van der Waals surface area contributed by atoms with Crippen molar-refractivity contribution >= 4 is 18.2 Å². The fourth-order valence-electron chi connectivity index (χ4n) is 1.88. The summed E-state index contributed by atoms with van der Waals surface area (Å²) >= 11 is 0. The van der Waals surface area contributed by atoms with Gasteiger partial charge in [-0.1, -0.05) is 0 Å². The molecule has 0 saturated carbocycles. The third kappa shape index (κ3) is 2.55. The summed E-state index contributed by atoms with van der Waals surface area (Å²) in [6.07, 6.45) is 0.825. The lowest BCUT2D eigenvalue weighted by Gasteiger charge is -2.33. The average molecular weight is 250 g/mol.